The van der Waals surface area contributed by atoms with Gasteiger partial charge >= 0.3 is 0 Å². The van der Waals surface area contributed by atoms with E-state index >= 15 is 0 Å². The van der Waals surface area contributed by atoms with Crippen LogP contribution < -0.4 is 4.74 Å². The molecule has 0 unspecified atom stereocenters. The van der Waals surface area contributed by atoms with Crippen molar-refractivity contribution in [3.05, 3.63) is 53.0 Å². The molecule has 1 aliphatic rings. The number of ether oxygens (including phenoxy) is 2. The van der Waals surface area contributed by atoms with E-state index in [0.717, 1.165) is 5.56 Å². The number of carbonyl (C=O) groups excluding carboxylic acids is 1. The maximum Gasteiger partial charge on any atom is 0.255 e. The monoisotopic (exact) mass is 493 g/mol. The molecule has 1 aliphatic heterocycles. The van der Waals surface area contributed by atoms with Crippen LogP contribution in [0.1, 0.15) is 48.1 Å². The third-order valence-electron chi connectivity index (χ3n) is 5.84. The summed E-state index contributed by atoms with van der Waals surface area (Å²) in [6.45, 7) is 8.30. The largest absolute Gasteiger partial charge is 0.470 e. The molecule has 1 saturated heterocycles. The molecule has 5 heterocycles. The molecule has 0 spiro atoms. The van der Waals surface area contributed by atoms with Crippen molar-refractivity contribution in [3.8, 4) is 17.4 Å². The third kappa shape index (κ3) is 4.77. The number of amides is 1. The number of rotatable bonds is 6. The van der Waals surface area contributed by atoms with Crippen LogP contribution in [0, 0.1) is 0 Å². The Morgan fingerprint density at radius 1 is 1.17 bits per heavy atom. The van der Waals surface area contributed by atoms with Gasteiger partial charge in [0.05, 0.1) is 24.5 Å². The molecule has 0 aromatic carbocycles. The predicted octanol–water partition coefficient (Wildman–Crippen LogP) is 2.02. The SMILES string of the molecule is CC(C)(C)c1cc2nnc(-c3cc(CO)on3)n2nc1OCc1ccc(C(=O)N2CCOCC2)cn1. The molecule has 0 saturated carbocycles. The Morgan fingerprint density at radius 2 is 1.97 bits per heavy atom. The van der Waals surface area contributed by atoms with Crippen LogP contribution in [-0.4, -0.2) is 72.2 Å². The van der Waals surface area contributed by atoms with Gasteiger partial charge in [0.2, 0.25) is 11.7 Å². The van der Waals surface area contributed by atoms with E-state index in [9.17, 15) is 9.90 Å². The van der Waals surface area contributed by atoms with Crippen LogP contribution in [0.2, 0.25) is 0 Å². The van der Waals surface area contributed by atoms with E-state index in [2.05, 4.69) is 46.2 Å². The van der Waals surface area contributed by atoms with Crippen molar-refractivity contribution in [2.45, 2.75) is 39.4 Å². The highest BCUT2D eigenvalue weighted by Gasteiger charge is 2.25. The summed E-state index contributed by atoms with van der Waals surface area (Å²) in [5.41, 5.74) is 2.68. The van der Waals surface area contributed by atoms with Crippen molar-refractivity contribution in [1.82, 2.24) is 34.9 Å². The summed E-state index contributed by atoms with van der Waals surface area (Å²) >= 11 is 0. The zero-order valence-corrected chi connectivity index (χ0v) is 20.3. The molecule has 1 N–H and O–H groups in total. The number of fused-ring (bicyclic) bond motifs is 1. The van der Waals surface area contributed by atoms with Gasteiger partial charge in [-0.05, 0) is 23.6 Å². The van der Waals surface area contributed by atoms with Crippen LogP contribution in [0.4, 0.5) is 0 Å². The number of hydrogen-bond acceptors (Lipinski definition) is 10. The highest BCUT2D eigenvalue weighted by Crippen LogP contribution is 2.32. The van der Waals surface area contributed by atoms with Crippen molar-refractivity contribution < 1.29 is 23.9 Å². The molecule has 0 aliphatic carbocycles. The summed E-state index contributed by atoms with van der Waals surface area (Å²) < 4.78 is 18.0. The highest BCUT2D eigenvalue weighted by atomic mass is 16.5. The molecule has 0 atom stereocenters. The Kier molecular flexibility index (Phi) is 6.37. The number of aromatic nitrogens is 6. The first-order valence-electron chi connectivity index (χ1n) is 11.6. The van der Waals surface area contributed by atoms with E-state index in [-0.39, 0.29) is 24.5 Å². The number of morpholine rings is 1. The molecular weight excluding hydrogens is 466 g/mol. The molecular formula is C24H27N7O5. The second-order valence-corrected chi connectivity index (χ2v) is 9.47. The van der Waals surface area contributed by atoms with Crippen molar-refractivity contribution >= 4 is 11.6 Å². The van der Waals surface area contributed by atoms with Gasteiger partial charge in [-0.3, -0.25) is 9.78 Å². The Bertz CT molecular complexity index is 1370. The maximum absolute atomic E-state index is 12.7. The fraction of sp³-hybridized carbons (Fsp3) is 0.417. The molecule has 36 heavy (non-hydrogen) atoms. The van der Waals surface area contributed by atoms with Gasteiger partial charge in [-0.1, -0.05) is 25.9 Å². The van der Waals surface area contributed by atoms with E-state index in [1.54, 1.807) is 29.3 Å². The van der Waals surface area contributed by atoms with Crippen molar-refractivity contribution in [1.29, 1.82) is 0 Å². The van der Waals surface area contributed by atoms with Crippen LogP contribution in [0.5, 0.6) is 5.88 Å². The summed E-state index contributed by atoms with van der Waals surface area (Å²) in [6.07, 6.45) is 1.57. The number of aliphatic hydroxyl groups is 1. The topological polar surface area (TPSA) is 141 Å². The van der Waals surface area contributed by atoms with Gasteiger partial charge in [-0.2, -0.15) is 4.52 Å². The van der Waals surface area contributed by atoms with Crippen LogP contribution in [0.3, 0.4) is 0 Å². The predicted molar refractivity (Wildman–Crippen MR) is 126 cm³/mol. The Balaban J connectivity index is 1.39. The minimum absolute atomic E-state index is 0.0576. The summed E-state index contributed by atoms with van der Waals surface area (Å²) in [5, 5.41) is 26.3. The number of carbonyl (C=O) groups is 1. The quantitative estimate of drug-likeness (QED) is 0.424. The smallest absolute Gasteiger partial charge is 0.255 e. The van der Waals surface area contributed by atoms with Crippen molar-refractivity contribution in [2.24, 2.45) is 0 Å². The molecule has 188 valence electrons. The Morgan fingerprint density at radius 3 is 2.64 bits per heavy atom. The van der Waals surface area contributed by atoms with Gasteiger partial charge < -0.3 is 24.0 Å². The molecule has 0 radical (unpaired) electrons. The van der Waals surface area contributed by atoms with E-state index in [0.29, 0.717) is 66.4 Å². The zero-order valence-electron chi connectivity index (χ0n) is 20.3. The lowest BCUT2D eigenvalue weighted by Gasteiger charge is -2.26. The standard InChI is InChI=1S/C24H27N7O5/c1-24(2,3)18-11-20-26-27-21(19-10-17(13-32)36-29-19)31(20)28-22(18)35-14-16-5-4-15(12-25-16)23(33)30-6-8-34-9-7-30/h4-5,10-12,32H,6-9,13-14H2,1-3H3. The van der Waals surface area contributed by atoms with Gasteiger partial charge in [0, 0.05) is 30.9 Å². The average Bonchev–Trinajstić information content (AvgIpc) is 3.53. The number of pyridine rings is 1. The Hall–Kier alpha value is -3.90. The van der Waals surface area contributed by atoms with E-state index in [1.807, 2.05) is 6.07 Å². The van der Waals surface area contributed by atoms with E-state index < -0.39 is 0 Å². The highest BCUT2D eigenvalue weighted by molar-refractivity contribution is 5.94. The average molecular weight is 494 g/mol. The number of aliphatic hydroxyl groups excluding tert-OH is 1. The summed E-state index contributed by atoms with van der Waals surface area (Å²) in [5.74, 6) is 1.02. The molecule has 12 nitrogen and oxygen atoms in total. The first kappa shape index (κ1) is 23.8. The maximum atomic E-state index is 12.7. The number of nitrogens with zero attached hydrogens (tertiary/aromatic N) is 7. The fourth-order valence-electron chi connectivity index (χ4n) is 3.84. The van der Waals surface area contributed by atoms with Gasteiger partial charge in [0.25, 0.3) is 5.91 Å². The fourth-order valence-corrected chi connectivity index (χ4v) is 3.84. The van der Waals surface area contributed by atoms with Gasteiger partial charge in [0.15, 0.2) is 17.1 Å². The summed E-state index contributed by atoms with van der Waals surface area (Å²) in [7, 11) is 0. The molecule has 1 amide bonds. The molecule has 0 bridgehead atoms. The zero-order chi connectivity index (χ0) is 25.3. The van der Waals surface area contributed by atoms with Gasteiger partial charge in [0.1, 0.15) is 13.2 Å². The van der Waals surface area contributed by atoms with Crippen molar-refractivity contribution in [2.75, 3.05) is 26.3 Å². The first-order chi connectivity index (χ1) is 17.3. The summed E-state index contributed by atoms with van der Waals surface area (Å²) in [4.78, 5) is 18.8. The lowest BCUT2D eigenvalue weighted by Crippen LogP contribution is -2.40. The number of hydrogen-bond donors (Lipinski definition) is 1. The van der Waals surface area contributed by atoms with Crippen LogP contribution in [0.15, 0.2) is 35.0 Å². The Labute approximate surface area is 206 Å². The van der Waals surface area contributed by atoms with E-state index in [4.69, 9.17) is 14.0 Å². The minimum Gasteiger partial charge on any atom is -0.470 e. The molecule has 4 aromatic rings. The van der Waals surface area contributed by atoms with Crippen LogP contribution in [0.25, 0.3) is 17.2 Å². The lowest BCUT2D eigenvalue weighted by atomic mass is 9.88. The minimum atomic E-state index is -0.282. The molecule has 1 fully saturated rings. The molecule has 5 rings (SSSR count). The second kappa shape index (κ2) is 9.63. The normalized spacial score (nSPS) is 14.4. The van der Waals surface area contributed by atoms with E-state index in [1.165, 1.54) is 4.52 Å². The van der Waals surface area contributed by atoms with Crippen LogP contribution >= 0.6 is 0 Å². The first-order valence-corrected chi connectivity index (χ1v) is 11.6. The lowest BCUT2D eigenvalue weighted by molar-refractivity contribution is 0.0302. The molecule has 12 heteroatoms. The van der Waals surface area contributed by atoms with Gasteiger partial charge in [-0.15, -0.1) is 15.3 Å². The van der Waals surface area contributed by atoms with Crippen LogP contribution in [-0.2, 0) is 23.4 Å². The summed E-state index contributed by atoms with van der Waals surface area (Å²) in [6, 6.07) is 6.99. The second-order valence-electron chi connectivity index (χ2n) is 9.47. The van der Waals surface area contributed by atoms with Gasteiger partial charge in [-0.25, -0.2) is 0 Å². The third-order valence-corrected chi connectivity index (χ3v) is 5.84. The molecule has 4 aromatic heterocycles. The van der Waals surface area contributed by atoms with Crippen molar-refractivity contribution in [3.63, 3.8) is 0 Å².